The molecule has 2 amide bonds. The van der Waals surface area contributed by atoms with E-state index in [0.29, 0.717) is 10.6 Å². The zero-order valence-electron chi connectivity index (χ0n) is 12.5. The minimum absolute atomic E-state index is 0.0685. The molecule has 6 heteroatoms. The van der Waals surface area contributed by atoms with Gasteiger partial charge in [-0.15, -0.1) is 11.3 Å². The number of thiophene rings is 1. The lowest BCUT2D eigenvalue weighted by Crippen LogP contribution is -2.32. The van der Waals surface area contributed by atoms with E-state index in [2.05, 4.69) is 10.6 Å². The maximum atomic E-state index is 11.8. The number of anilines is 1. The van der Waals surface area contributed by atoms with Crippen molar-refractivity contribution >= 4 is 28.8 Å². The Morgan fingerprint density at radius 2 is 1.91 bits per heavy atom. The van der Waals surface area contributed by atoms with Gasteiger partial charge in [-0.2, -0.15) is 0 Å². The molecule has 0 fully saturated rings. The van der Waals surface area contributed by atoms with E-state index < -0.39 is 0 Å². The SMILES string of the molecule is CC(C)Oc1ccc(NC(=O)CNC(=O)c2cccs2)cc1. The highest BCUT2D eigenvalue weighted by Crippen LogP contribution is 2.16. The molecular formula is C16H18N2O3S. The quantitative estimate of drug-likeness (QED) is 0.860. The summed E-state index contributed by atoms with van der Waals surface area (Å²) in [6.07, 6.45) is 0.105. The Hall–Kier alpha value is -2.34. The van der Waals surface area contributed by atoms with Crippen LogP contribution in [-0.4, -0.2) is 24.5 Å². The topological polar surface area (TPSA) is 67.4 Å². The normalized spacial score (nSPS) is 10.3. The molecule has 116 valence electrons. The first-order valence-corrected chi connectivity index (χ1v) is 7.81. The van der Waals surface area contributed by atoms with Crippen LogP contribution in [0.5, 0.6) is 5.75 Å². The first kappa shape index (κ1) is 16.0. The molecule has 0 aliphatic rings. The standard InChI is InChI=1S/C16H18N2O3S/c1-11(2)21-13-7-5-12(6-8-13)18-15(19)10-17-16(20)14-4-3-9-22-14/h3-9,11H,10H2,1-2H3,(H,17,20)(H,18,19). The van der Waals surface area contributed by atoms with Crippen molar-refractivity contribution in [1.29, 1.82) is 0 Å². The molecule has 0 spiro atoms. The molecule has 22 heavy (non-hydrogen) atoms. The van der Waals surface area contributed by atoms with E-state index in [9.17, 15) is 9.59 Å². The minimum atomic E-state index is -0.276. The fraction of sp³-hybridized carbons (Fsp3) is 0.250. The maximum absolute atomic E-state index is 11.8. The summed E-state index contributed by atoms with van der Waals surface area (Å²) in [7, 11) is 0. The molecule has 0 aliphatic carbocycles. The highest BCUT2D eigenvalue weighted by Gasteiger charge is 2.09. The van der Waals surface area contributed by atoms with Crippen molar-refractivity contribution in [3.63, 3.8) is 0 Å². The number of hydrogen-bond acceptors (Lipinski definition) is 4. The third-order valence-corrected chi connectivity index (χ3v) is 3.53. The van der Waals surface area contributed by atoms with Gasteiger partial charge in [0, 0.05) is 5.69 Å². The van der Waals surface area contributed by atoms with Gasteiger partial charge in [-0.3, -0.25) is 9.59 Å². The summed E-state index contributed by atoms with van der Waals surface area (Å²) in [4.78, 5) is 24.1. The number of rotatable bonds is 6. The fourth-order valence-electron chi connectivity index (χ4n) is 1.75. The number of benzene rings is 1. The van der Waals surface area contributed by atoms with Gasteiger partial charge >= 0.3 is 0 Å². The van der Waals surface area contributed by atoms with E-state index in [-0.39, 0.29) is 24.5 Å². The largest absolute Gasteiger partial charge is 0.491 e. The molecule has 1 heterocycles. The molecule has 0 bridgehead atoms. The average molecular weight is 318 g/mol. The Balaban J connectivity index is 1.80. The zero-order valence-corrected chi connectivity index (χ0v) is 13.3. The Morgan fingerprint density at radius 1 is 1.18 bits per heavy atom. The number of carbonyl (C=O) groups excluding carboxylic acids is 2. The van der Waals surface area contributed by atoms with Gasteiger partial charge in [0.25, 0.3) is 5.91 Å². The zero-order chi connectivity index (χ0) is 15.9. The molecule has 1 aromatic heterocycles. The van der Waals surface area contributed by atoms with Crippen molar-refractivity contribution in [2.45, 2.75) is 20.0 Å². The smallest absolute Gasteiger partial charge is 0.261 e. The van der Waals surface area contributed by atoms with E-state index in [1.165, 1.54) is 11.3 Å². The molecule has 0 saturated carbocycles. The third-order valence-electron chi connectivity index (χ3n) is 2.66. The second-order valence-corrected chi connectivity index (χ2v) is 5.85. The summed E-state index contributed by atoms with van der Waals surface area (Å²) in [5.41, 5.74) is 0.659. The number of amides is 2. The van der Waals surface area contributed by atoms with Crippen molar-refractivity contribution < 1.29 is 14.3 Å². The molecule has 0 unspecified atom stereocenters. The molecular weight excluding hydrogens is 300 g/mol. The van der Waals surface area contributed by atoms with Crippen LogP contribution in [0.2, 0.25) is 0 Å². The highest BCUT2D eigenvalue weighted by molar-refractivity contribution is 7.12. The molecule has 2 aromatic rings. The van der Waals surface area contributed by atoms with Crippen LogP contribution in [0.15, 0.2) is 41.8 Å². The van der Waals surface area contributed by atoms with Crippen LogP contribution in [0.3, 0.4) is 0 Å². The molecule has 2 N–H and O–H groups in total. The predicted molar refractivity (Wildman–Crippen MR) is 87.5 cm³/mol. The summed E-state index contributed by atoms with van der Waals surface area (Å²) in [5.74, 6) is 0.229. The molecule has 1 aromatic carbocycles. The maximum Gasteiger partial charge on any atom is 0.261 e. The first-order chi connectivity index (χ1) is 10.5. The van der Waals surface area contributed by atoms with Gasteiger partial charge in [-0.05, 0) is 49.6 Å². The van der Waals surface area contributed by atoms with Crippen LogP contribution in [-0.2, 0) is 4.79 Å². The van der Waals surface area contributed by atoms with Gasteiger partial charge in [-0.1, -0.05) is 6.07 Å². The highest BCUT2D eigenvalue weighted by atomic mass is 32.1. The Labute approximate surface area is 133 Å². The molecule has 0 radical (unpaired) electrons. The van der Waals surface area contributed by atoms with Crippen molar-refractivity contribution in [3.05, 3.63) is 46.7 Å². The summed E-state index contributed by atoms with van der Waals surface area (Å²) < 4.78 is 5.53. The number of carbonyl (C=O) groups is 2. The monoisotopic (exact) mass is 318 g/mol. The predicted octanol–water partition coefficient (Wildman–Crippen LogP) is 2.90. The molecule has 0 saturated heterocycles. The molecule has 0 aliphatic heterocycles. The fourth-order valence-corrected chi connectivity index (χ4v) is 2.39. The van der Waals surface area contributed by atoms with E-state index in [1.807, 2.05) is 19.2 Å². The minimum Gasteiger partial charge on any atom is -0.491 e. The number of hydrogen-bond donors (Lipinski definition) is 2. The van der Waals surface area contributed by atoms with Gasteiger partial charge in [0.2, 0.25) is 5.91 Å². The van der Waals surface area contributed by atoms with Gasteiger partial charge < -0.3 is 15.4 Å². The average Bonchev–Trinajstić information content (AvgIpc) is 3.00. The van der Waals surface area contributed by atoms with Crippen molar-refractivity contribution in [3.8, 4) is 5.75 Å². The summed E-state index contributed by atoms with van der Waals surface area (Å²) in [6, 6.07) is 10.6. The van der Waals surface area contributed by atoms with Gasteiger partial charge in [-0.25, -0.2) is 0 Å². The summed E-state index contributed by atoms with van der Waals surface area (Å²) in [5, 5.41) is 7.11. The lowest BCUT2D eigenvalue weighted by atomic mass is 10.3. The Bertz CT molecular complexity index is 621. The van der Waals surface area contributed by atoms with Crippen molar-refractivity contribution in [2.75, 3.05) is 11.9 Å². The summed E-state index contributed by atoms with van der Waals surface area (Å²) >= 11 is 1.34. The lowest BCUT2D eigenvalue weighted by Gasteiger charge is -2.10. The molecule has 5 nitrogen and oxygen atoms in total. The van der Waals surface area contributed by atoms with E-state index in [0.717, 1.165) is 5.75 Å². The van der Waals surface area contributed by atoms with Crippen LogP contribution in [0.4, 0.5) is 5.69 Å². The van der Waals surface area contributed by atoms with Crippen LogP contribution in [0.25, 0.3) is 0 Å². The van der Waals surface area contributed by atoms with Crippen LogP contribution >= 0.6 is 11.3 Å². The van der Waals surface area contributed by atoms with Gasteiger partial charge in [0.05, 0.1) is 17.5 Å². The molecule has 0 atom stereocenters. The van der Waals surface area contributed by atoms with Gasteiger partial charge in [0.1, 0.15) is 5.75 Å². The van der Waals surface area contributed by atoms with E-state index in [4.69, 9.17) is 4.74 Å². The molecule has 2 rings (SSSR count). The first-order valence-electron chi connectivity index (χ1n) is 6.93. The number of ether oxygens (including phenoxy) is 1. The second kappa shape index (κ2) is 7.61. The van der Waals surface area contributed by atoms with E-state index >= 15 is 0 Å². The lowest BCUT2D eigenvalue weighted by molar-refractivity contribution is -0.115. The van der Waals surface area contributed by atoms with Gasteiger partial charge in [0.15, 0.2) is 0 Å². The Kier molecular flexibility index (Phi) is 5.55. The van der Waals surface area contributed by atoms with Crippen molar-refractivity contribution in [2.24, 2.45) is 0 Å². The number of nitrogens with one attached hydrogen (secondary N) is 2. The van der Waals surface area contributed by atoms with Crippen LogP contribution < -0.4 is 15.4 Å². The summed E-state index contributed by atoms with van der Waals surface area (Å²) in [6.45, 7) is 3.83. The van der Waals surface area contributed by atoms with E-state index in [1.54, 1.807) is 36.4 Å². The second-order valence-electron chi connectivity index (χ2n) is 4.90. The van der Waals surface area contributed by atoms with Crippen LogP contribution in [0, 0.1) is 0 Å². The van der Waals surface area contributed by atoms with Crippen molar-refractivity contribution in [1.82, 2.24) is 5.32 Å². The third kappa shape index (κ3) is 4.89. The van der Waals surface area contributed by atoms with Crippen LogP contribution in [0.1, 0.15) is 23.5 Å². The Morgan fingerprint density at radius 3 is 2.50 bits per heavy atom.